The van der Waals surface area contributed by atoms with E-state index in [4.69, 9.17) is 16.6 Å². The summed E-state index contributed by atoms with van der Waals surface area (Å²) in [7, 11) is 0. The quantitative estimate of drug-likeness (QED) is 0.687. The maximum Gasteiger partial charge on any atom is 0.161 e. The molecule has 1 aromatic heterocycles. The maximum atomic E-state index is 6.24. The van der Waals surface area contributed by atoms with Gasteiger partial charge in [0.25, 0.3) is 0 Å². The van der Waals surface area contributed by atoms with Gasteiger partial charge in [-0.05, 0) is 54.2 Å². The number of halogens is 2. The molecule has 0 aliphatic heterocycles. The fourth-order valence-electron chi connectivity index (χ4n) is 2.51. The van der Waals surface area contributed by atoms with E-state index in [1.54, 1.807) is 0 Å². The SMILES string of the molecule is CCCc1nc(-c2c(C)cc(C)cc2C)nc(Cl)c1Br. The molecule has 0 aliphatic rings. The summed E-state index contributed by atoms with van der Waals surface area (Å²) in [5, 5.41) is 0.484. The first kappa shape index (κ1) is 15.5. The van der Waals surface area contributed by atoms with E-state index < -0.39 is 0 Å². The molecule has 0 amide bonds. The molecular formula is C16H18BrClN2. The minimum atomic E-state index is 0.484. The molecule has 0 spiro atoms. The highest BCUT2D eigenvalue weighted by molar-refractivity contribution is 9.10. The molecule has 0 saturated heterocycles. The molecule has 2 nitrogen and oxygen atoms in total. The Balaban J connectivity index is 2.64. The Morgan fingerprint density at radius 3 is 2.25 bits per heavy atom. The summed E-state index contributed by atoms with van der Waals surface area (Å²) < 4.78 is 0.812. The molecule has 0 N–H and O–H groups in total. The molecule has 0 aliphatic carbocycles. The van der Waals surface area contributed by atoms with Crippen LogP contribution in [0.15, 0.2) is 16.6 Å². The highest BCUT2D eigenvalue weighted by Gasteiger charge is 2.15. The Hall–Kier alpha value is -0.930. The largest absolute Gasteiger partial charge is 0.232 e. The van der Waals surface area contributed by atoms with Crippen LogP contribution >= 0.6 is 27.5 Å². The van der Waals surface area contributed by atoms with E-state index in [1.807, 2.05) is 0 Å². The number of aromatic nitrogens is 2. The van der Waals surface area contributed by atoms with Gasteiger partial charge in [0, 0.05) is 5.56 Å². The molecule has 106 valence electrons. The number of rotatable bonds is 3. The summed E-state index contributed by atoms with van der Waals surface area (Å²) in [5.41, 5.74) is 5.68. The van der Waals surface area contributed by atoms with Crippen molar-refractivity contribution in [2.75, 3.05) is 0 Å². The molecule has 0 atom stereocenters. The molecule has 4 heteroatoms. The monoisotopic (exact) mass is 352 g/mol. The van der Waals surface area contributed by atoms with Gasteiger partial charge in [-0.3, -0.25) is 0 Å². The summed E-state index contributed by atoms with van der Waals surface area (Å²) in [4.78, 5) is 9.15. The van der Waals surface area contributed by atoms with Gasteiger partial charge in [0.05, 0.1) is 10.2 Å². The molecule has 1 heterocycles. The van der Waals surface area contributed by atoms with Gasteiger partial charge in [0.2, 0.25) is 0 Å². The van der Waals surface area contributed by atoms with Crippen LogP contribution in [0.1, 0.15) is 35.7 Å². The number of aryl methyl sites for hydroxylation is 4. The van der Waals surface area contributed by atoms with E-state index in [1.165, 1.54) is 16.7 Å². The topological polar surface area (TPSA) is 25.8 Å². The normalized spacial score (nSPS) is 10.9. The summed E-state index contributed by atoms with van der Waals surface area (Å²) >= 11 is 9.72. The molecular weight excluding hydrogens is 336 g/mol. The van der Waals surface area contributed by atoms with Crippen LogP contribution in [0.25, 0.3) is 11.4 Å². The third-order valence-corrected chi connectivity index (χ3v) is 4.60. The summed E-state index contributed by atoms with van der Waals surface area (Å²) in [5.74, 6) is 0.719. The molecule has 0 radical (unpaired) electrons. The molecule has 0 bridgehead atoms. The summed E-state index contributed by atoms with van der Waals surface area (Å²) in [6.07, 6.45) is 1.91. The molecule has 1 aromatic carbocycles. The lowest BCUT2D eigenvalue weighted by Crippen LogP contribution is -2.01. The van der Waals surface area contributed by atoms with Gasteiger partial charge in [0.15, 0.2) is 5.82 Å². The van der Waals surface area contributed by atoms with Crippen molar-refractivity contribution in [1.82, 2.24) is 9.97 Å². The number of nitrogens with zero attached hydrogens (tertiary/aromatic N) is 2. The van der Waals surface area contributed by atoms with Gasteiger partial charge in [0.1, 0.15) is 5.15 Å². The van der Waals surface area contributed by atoms with E-state index in [9.17, 15) is 0 Å². The van der Waals surface area contributed by atoms with Crippen molar-refractivity contribution >= 4 is 27.5 Å². The molecule has 2 rings (SSSR count). The van der Waals surface area contributed by atoms with Crippen LogP contribution < -0.4 is 0 Å². The first-order valence-electron chi connectivity index (χ1n) is 6.74. The van der Waals surface area contributed by atoms with Gasteiger partial charge >= 0.3 is 0 Å². The second kappa shape index (κ2) is 6.23. The zero-order chi connectivity index (χ0) is 14.9. The average Bonchev–Trinajstić information content (AvgIpc) is 2.34. The predicted molar refractivity (Wildman–Crippen MR) is 88.4 cm³/mol. The van der Waals surface area contributed by atoms with Crippen LogP contribution in [0.3, 0.4) is 0 Å². The van der Waals surface area contributed by atoms with Crippen molar-refractivity contribution in [2.24, 2.45) is 0 Å². The standard InChI is InChI=1S/C16H18BrClN2/c1-5-6-12-14(17)15(18)20-16(19-12)13-10(3)7-9(2)8-11(13)4/h7-8H,5-6H2,1-4H3. The van der Waals surface area contributed by atoms with E-state index in [0.717, 1.165) is 34.4 Å². The van der Waals surface area contributed by atoms with Gasteiger partial charge in [-0.2, -0.15) is 0 Å². The van der Waals surface area contributed by atoms with E-state index in [-0.39, 0.29) is 0 Å². The molecule has 20 heavy (non-hydrogen) atoms. The minimum absolute atomic E-state index is 0.484. The van der Waals surface area contributed by atoms with Crippen molar-refractivity contribution in [3.8, 4) is 11.4 Å². The number of hydrogen-bond acceptors (Lipinski definition) is 2. The second-order valence-corrected chi connectivity index (χ2v) is 6.27. The van der Waals surface area contributed by atoms with Gasteiger partial charge < -0.3 is 0 Å². The number of benzene rings is 1. The first-order chi connectivity index (χ1) is 9.43. The van der Waals surface area contributed by atoms with Crippen LogP contribution in [0, 0.1) is 20.8 Å². The molecule has 0 fully saturated rings. The lowest BCUT2D eigenvalue weighted by molar-refractivity contribution is 0.867. The Bertz CT molecular complexity index is 630. The predicted octanol–water partition coefficient (Wildman–Crippen LogP) is 5.44. The average molecular weight is 354 g/mol. The Morgan fingerprint density at radius 1 is 1.10 bits per heavy atom. The molecule has 2 aromatic rings. The van der Waals surface area contributed by atoms with Crippen LogP contribution in [-0.2, 0) is 6.42 Å². The van der Waals surface area contributed by atoms with Gasteiger partial charge in [-0.15, -0.1) is 0 Å². The van der Waals surface area contributed by atoms with Crippen LogP contribution in [-0.4, -0.2) is 9.97 Å². The van der Waals surface area contributed by atoms with Crippen molar-refractivity contribution in [2.45, 2.75) is 40.5 Å². The fourth-order valence-corrected chi connectivity index (χ4v) is 3.07. The van der Waals surface area contributed by atoms with E-state index in [0.29, 0.717) is 5.15 Å². The Labute approximate surface area is 133 Å². The third kappa shape index (κ3) is 3.04. The molecule has 0 unspecified atom stereocenters. The smallest absolute Gasteiger partial charge is 0.161 e. The fraction of sp³-hybridized carbons (Fsp3) is 0.375. The summed E-state index contributed by atoms with van der Waals surface area (Å²) in [6.45, 7) is 8.41. The first-order valence-corrected chi connectivity index (χ1v) is 7.91. The highest BCUT2D eigenvalue weighted by atomic mass is 79.9. The maximum absolute atomic E-state index is 6.24. The van der Waals surface area contributed by atoms with Gasteiger partial charge in [-0.1, -0.05) is 42.6 Å². The third-order valence-electron chi connectivity index (χ3n) is 3.27. The van der Waals surface area contributed by atoms with Crippen molar-refractivity contribution < 1.29 is 0 Å². The highest BCUT2D eigenvalue weighted by Crippen LogP contribution is 2.31. The zero-order valence-corrected chi connectivity index (χ0v) is 14.6. The van der Waals surface area contributed by atoms with Crippen molar-refractivity contribution in [1.29, 1.82) is 0 Å². The van der Waals surface area contributed by atoms with Gasteiger partial charge in [-0.25, -0.2) is 9.97 Å². The lowest BCUT2D eigenvalue weighted by Gasteiger charge is -2.12. The zero-order valence-electron chi connectivity index (χ0n) is 12.2. The molecule has 0 saturated carbocycles. The summed E-state index contributed by atoms with van der Waals surface area (Å²) in [6, 6.07) is 4.31. The lowest BCUT2D eigenvalue weighted by atomic mass is 9.99. The van der Waals surface area contributed by atoms with Crippen molar-refractivity contribution in [3.05, 3.63) is 44.1 Å². The van der Waals surface area contributed by atoms with Crippen molar-refractivity contribution in [3.63, 3.8) is 0 Å². The Kier molecular flexibility index (Phi) is 4.82. The van der Waals surface area contributed by atoms with E-state index >= 15 is 0 Å². The minimum Gasteiger partial charge on any atom is -0.232 e. The van der Waals surface area contributed by atoms with E-state index in [2.05, 4.69) is 60.7 Å². The van der Waals surface area contributed by atoms with Crippen LogP contribution in [0.2, 0.25) is 5.15 Å². The van der Waals surface area contributed by atoms with Crippen LogP contribution in [0.5, 0.6) is 0 Å². The second-order valence-electron chi connectivity index (χ2n) is 5.12. The van der Waals surface area contributed by atoms with Crippen LogP contribution in [0.4, 0.5) is 0 Å². The number of hydrogen-bond donors (Lipinski definition) is 0. The Morgan fingerprint density at radius 2 is 1.70 bits per heavy atom.